The molecule has 0 fully saturated rings. The van der Waals surface area contributed by atoms with Crippen LogP contribution in [-0.2, 0) is 11.2 Å². The fourth-order valence-corrected chi connectivity index (χ4v) is 2.08. The van der Waals surface area contributed by atoms with E-state index >= 15 is 0 Å². The molecule has 0 amide bonds. The molecule has 0 saturated carbocycles. The molecule has 1 aromatic carbocycles. The first-order valence-corrected chi connectivity index (χ1v) is 6.70. The smallest absolute Gasteiger partial charge is 0.323 e. The van der Waals surface area contributed by atoms with Gasteiger partial charge in [0.1, 0.15) is 11.3 Å². The third-order valence-electron chi connectivity index (χ3n) is 3.40. The van der Waals surface area contributed by atoms with Gasteiger partial charge in [-0.05, 0) is 38.9 Å². The van der Waals surface area contributed by atoms with Crippen LogP contribution in [0.2, 0.25) is 0 Å². The molecule has 0 bridgehead atoms. The molecule has 3 N–H and O–H groups in total. The van der Waals surface area contributed by atoms with Crippen LogP contribution < -0.4 is 10.1 Å². The number of benzene rings is 1. The van der Waals surface area contributed by atoms with Gasteiger partial charge >= 0.3 is 5.97 Å². The molecule has 5 nitrogen and oxygen atoms in total. The van der Waals surface area contributed by atoms with Crippen LogP contribution in [0.15, 0.2) is 24.3 Å². The molecule has 0 radical (unpaired) electrons. The second-order valence-corrected chi connectivity index (χ2v) is 5.10. The van der Waals surface area contributed by atoms with Crippen molar-refractivity contribution < 1.29 is 19.7 Å². The zero-order valence-corrected chi connectivity index (χ0v) is 12.2. The normalized spacial score (nSPS) is 15.4. The Balaban J connectivity index is 2.76. The maximum atomic E-state index is 11.3. The summed E-state index contributed by atoms with van der Waals surface area (Å²) in [6.07, 6.45) is 0.598. The van der Waals surface area contributed by atoms with Gasteiger partial charge < -0.3 is 20.3 Å². The first kappa shape index (κ1) is 16.5. The fourth-order valence-electron chi connectivity index (χ4n) is 2.08. The molecule has 0 aromatic heterocycles. The number of aliphatic hydroxyl groups is 1. The number of hydrogen-bond donors (Lipinski definition) is 3. The van der Waals surface area contributed by atoms with Crippen LogP contribution in [0.25, 0.3) is 0 Å². The monoisotopic (exact) mass is 281 g/mol. The number of rotatable bonds is 8. The number of nitrogens with one attached hydrogen (secondary N) is 1. The lowest BCUT2D eigenvalue weighted by Gasteiger charge is -2.28. The van der Waals surface area contributed by atoms with Crippen molar-refractivity contribution in [1.82, 2.24) is 5.32 Å². The first-order valence-electron chi connectivity index (χ1n) is 6.70. The topological polar surface area (TPSA) is 78.8 Å². The van der Waals surface area contributed by atoms with Crippen molar-refractivity contribution >= 4 is 5.97 Å². The van der Waals surface area contributed by atoms with Crippen molar-refractivity contribution in [3.8, 4) is 5.75 Å². The maximum Gasteiger partial charge on any atom is 0.323 e. The van der Waals surface area contributed by atoms with Crippen LogP contribution in [-0.4, -0.2) is 41.5 Å². The summed E-state index contributed by atoms with van der Waals surface area (Å²) in [5.74, 6) is -0.211. The molecule has 1 aromatic rings. The van der Waals surface area contributed by atoms with E-state index in [4.69, 9.17) is 9.84 Å². The van der Waals surface area contributed by atoms with Gasteiger partial charge in [-0.25, -0.2) is 0 Å². The average molecular weight is 281 g/mol. The standard InChI is InChI=1S/C15H23NO4/c1-11(10-15(2,16-3)14(18)19)20-13-7-5-4-6-12(13)8-9-17/h4-7,11,16-17H,8-10H2,1-3H3,(H,18,19). The summed E-state index contributed by atoms with van der Waals surface area (Å²) < 4.78 is 5.83. The lowest BCUT2D eigenvalue weighted by Crippen LogP contribution is -2.50. The van der Waals surface area contributed by atoms with E-state index in [1.807, 2.05) is 31.2 Å². The molecule has 20 heavy (non-hydrogen) atoms. The molecular weight excluding hydrogens is 258 g/mol. The predicted molar refractivity (Wildman–Crippen MR) is 77.0 cm³/mol. The number of ether oxygens (including phenoxy) is 1. The Kier molecular flexibility index (Phi) is 5.98. The number of carboxylic acids is 1. The van der Waals surface area contributed by atoms with E-state index in [2.05, 4.69) is 5.32 Å². The summed E-state index contributed by atoms with van der Waals surface area (Å²) in [5, 5.41) is 21.1. The van der Waals surface area contributed by atoms with Gasteiger partial charge in [-0.15, -0.1) is 0 Å². The third kappa shape index (κ3) is 4.21. The fraction of sp³-hybridized carbons (Fsp3) is 0.533. The molecule has 0 aliphatic carbocycles. The summed E-state index contributed by atoms with van der Waals surface area (Å²) in [4.78, 5) is 11.3. The van der Waals surface area contributed by atoms with Crippen molar-refractivity contribution in [3.05, 3.63) is 29.8 Å². The first-order chi connectivity index (χ1) is 9.42. The van der Waals surface area contributed by atoms with Crippen molar-refractivity contribution in [2.75, 3.05) is 13.7 Å². The number of carbonyl (C=O) groups is 1. The van der Waals surface area contributed by atoms with Crippen molar-refractivity contribution in [2.45, 2.75) is 38.3 Å². The largest absolute Gasteiger partial charge is 0.490 e. The highest BCUT2D eigenvalue weighted by atomic mass is 16.5. The Labute approximate surface area is 119 Å². The highest BCUT2D eigenvalue weighted by Gasteiger charge is 2.33. The van der Waals surface area contributed by atoms with E-state index in [9.17, 15) is 9.90 Å². The van der Waals surface area contributed by atoms with Gasteiger partial charge in [0.25, 0.3) is 0 Å². The van der Waals surface area contributed by atoms with Crippen LogP contribution in [0.1, 0.15) is 25.8 Å². The molecule has 0 aliphatic rings. The molecule has 112 valence electrons. The Hall–Kier alpha value is -1.59. The van der Waals surface area contributed by atoms with E-state index < -0.39 is 11.5 Å². The van der Waals surface area contributed by atoms with Gasteiger partial charge in [0, 0.05) is 13.0 Å². The second-order valence-electron chi connectivity index (χ2n) is 5.10. The summed E-state index contributed by atoms with van der Waals surface area (Å²) >= 11 is 0. The lowest BCUT2D eigenvalue weighted by molar-refractivity contribution is -0.145. The van der Waals surface area contributed by atoms with E-state index in [1.54, 1.807) is 14.0 Å². The minimum Gasteiger partial charge on any atom is -0.490 e. The Bertz CT molecular complexity index is 449. The second kappa shape index (κ2) is 7.26. The maximum absolute atomic E-state index is 11.3. The lowest BCUT2D eigenvalue weighted by atomic mass is 9.95. The zero-order chi connectivity index (χ0) is 15.2. The zero-order valence-electron chi connectivity index (χ0n) is 12.2. The summed E-state index contributed by atoms with van der Waals surface area (Å²) in [7, 11) is 1.63. The highest BCUT2D eigenvalue weighted by Crippen LogP contribution is 2.22. The van der Waals surface area contributed by atoms with Gasteiger partial charge in [-0.1, -0.05) is 18.2 Å². The van der Waals surface area contributed by atoms with Gasteiger partial charge in [-0.3, -0.25) is 4.79 Å². The minimum absolute atomic E-state index is 0.0537. The molecule has 0 saturated heterocycles. The molecular formula is C15H23NO4. The Morgan fingerprint density at radius 2 is 2.10 bits per heavy atom. The van der Waals surface area contributed by atoms with Crippen LogP contribution >= 0.6 is 0 Å². The van der Waals surface area contributed by atoms with Crippen LogP contribution in [0, 0.1) is 0 Å². The highest BCUT2D eigenvalue weighted by molar-refractivity contribution is 5.78. The molecule has 2 atom stereocenters. The van der Waals surface area contributed by atoms with Crippen molar-refractivity contribution in [3.63, 3.8) is 0 Å². The molecule has 2 unspecified atom stereocenters. The minimum atomic E-state index is -1.02. The quantitative estimate of drug-likeness (QED) is 0.672. The average Bonchev–Trinajstić information content (AvgIpc) is 2.40. The van der Waals surface area contributed by atoms with Crippen LogP contribution in [0.4, 0.5) is 0 Å². The van der Waals surface area contributed by atoms with Gasteiger partial charge in [0.05, 0.1) is 6.10 Å². The summed E-state index contributed by atoms with van der Waals surface area (Å²) in [6, 6.07) is 7.47. The number of carboxylic acid groups (broad SMARTS) is 1. The predicted octanol–water partition coefficient (Wildman–Crippen LogP) is 1.44. The van der Waals surface area contributed by atoms with E-state index in [0.717, 1.165) is 5.56 Å². The molecule has 0 spiro atoms. The van der Waals surface area contributed by atoms with Gasteiger partial charge in [0.2, 0.25) is 0 Å². The summed E-state index contributed by atoms with van der Waals surface area (Å²) in [5.41, 5.74) is -0.103. The van der Waals surface area contributed by atoms with E-state index in [1.165, 1.54) is 0 Å². The molecule has 5 heteroatoms. The van der Waals surface area contributed by atoms with E-state index in [0.29, 0.717) is 18.6 Å². The van der Waals surface area contributed by atoms with Crippen molar-refractivity contribution in [2.24, 2.45) is 0 Å². The Morgan fingerprint density at radius 1 is 1.45 bits per heavy atom. The third-order valence-corrected chi connectivity index (χ3v) is 3.40. The van der Waals surface area contributed by atoms with Crippen molar-refractivity contribution in [1.29, 1.82) is 0 Å². The van der Waals surface area contributed by atoms with Gasteiger partial charge in [-0.2, -0.15) is 0 Å². The van der Waals surface area contributed by atoms with Crippen LogP contribution in [0.3, 0.4) is 0 Å². The number of para-hydroxylation sites is 1. The Morgan fingerprint density at radius 3 is 2.65 bits per heavy atom. The summed E-state index contributed by atoms with van der Waals surface area (Å²) in [6.45, 7) is 3.53. The molecule has 0 heterocycles. The van der Waals surface area contributed by atoms with Crippen LogP contribution in [0.5, 0.6) is 5.75 Å². The number of aliphatic hydroxyl groups excluding tert-OH is 1. The molecule has 1 rings (SSSR count). The van der Waals surface area contributed by atoms with Gasteiger partial charge in [0.15, 0.2) is 0 Å². The molecule has 0 aliphatic heterocycles. The van der Waals surface area contributed by atoms with E-state index in [-0.39, 0.29) is 12.7 Å². The number of aliphatic carboxylic acids is 1. The number of likely N-dealkylation sites (N-methyl/N-ethyl adjacent to an activating group) is 1. The number of hydrogen-bond acceptors (Lipinski definition) is 4. The SMILES string of the molecule is CNC(C)(CC(C)Oc1ccccc1CCO)C(=O)O.